The first-order chi connectivity index (χ1) is 9.28. The summed E-state index contributed by atoms with van der Waals surface area (Å²) in [7, 11) is 0. The second kappa shape index (κ2) is 5.17. The molecule has 2 aromatic rings. The van der Waals surface area contributed by atoms with Gasteiger partial charge in [0.2, 0.25) is 0 Å². The molecule has 100 valence electrons. The Morgan fingerprint density at radius 3 is 2.89 bits per heavy atom. The monoisotopic (exact) mass is 255 g/mol. The van der Waals surface area contributed by atoms with Gasteiger partial charge in [-0.3, -0.25) is 4.68 Å². The third-order valence-corrected chi connectivity index (χ3v) is 4.25. The summed E-state index contributed by atoms with van der Waals surface area (Å²) in [5, 5.41) is 4.33. The van der Waals surface area contributed by atoms with E-state index >= 15 is 0 Å². The first kappa shape index (κ1) is 12.4. The molecule has 1 heterocycles. The van der Waals surface area contributed by atoms with Gasteiger partial charge in [-0.2, -0.15) is 5.10 Å². The molecule has 1 aliphatic rings. The summed E-state index contributed by atoms with van der Waals surface area (Å²) in [6.45, 7) is 3.00. The zero-order chi connectivity index (χ0) is 13.2. The van der Waals surface area contributed by atoms with Gasteiger partial charge in [0.05, 0.1) is 6.20 Å². The Morgan fingerprint density at radius 2 is 2.16 bits per heavy atom. The molecule has 0 radical (unpaired) electrons. The molecule has 0 aliphatic heterocycles. The number of aromatic nitrogens is 2. The lowest BCUT2D eigenvalue weighted by Crippen LogP contribution is -2.26. The highest BCUT2D eigenvalue weighted by Gasteiger charge is 2.25. The largest absolute Gasteiger partial charge is 0.324 e. The van der Waals surface area contributed by atoms with Crippen LogP contribution in [-0.4, -0.2) is 9.78 Å². The molecule has 2 N–H and O–H groups in total. The number of hydrogen-bond donors (Lipinski definition) is 1. The van der Waals surface area contributed by atoms with Gasteiger partial charge in [-0.05, 0) is 43.2 Å². The zero-order valence-electron chi connectivity index (χ0n) is 11.4. The van der Waals surface area contributed by atoms with E-state index in [0.717, 1.165) is 19.4 Å². The van der Waals surface area contributed by atoms with E-state index in [4.69, 9.17) is 5.73 Å². The molecular weight excluding hydrogens is 234 g/mol. The van der Waals surface area contributed by atoms with Crippen molar-refractivity contribution in [1.82, 2.24) is 9.78 Å². The molecular formula is C16H21N3. The van der Waals surface area contributed by atoms with E-state index in [2.05, 4.69) is 42.5 Å². The van der Waals surface area contributed by atoms with Crippen LogP contribution in [0.2, 0.25) is 0 Å². The fourth-order valence-corrected chi connectivity index (χ4v) is 3.03. The van der Waals surface area contributed by atoms with Crippen molar-refractivity contribution in [3.63, 3.8) is 0 Å². The zero-order valence-corrected chi connectivity index (χ0v) is 11.4. The van der Waals surface area contributed by atoms with Gasteiger partial charge >= 0.3 is 0 Å². The SMILES string of the molecule is CCn1cc(C(N)C2CCc3ccccc3C2)cn1. The van der Waals surface area contributed by atoms with Crippen molar-refractivity contribution in [2.75, 3.05) is 0 Å². The Labute approximate surface area is 114 Å². The second-order valence-corrected chi connectivity index (χ2v) is 5.43. The molecule has 0 spiro atoms. The van der Waals surface area contributed by atoms with E-state index < -0.39 is 0 Å². The summed E-state index contributed by atoms with van der Waals surface area (Å²) in [5.74, 6) is 0.532. The molecule has 3 nitrogen and oxygen atoms in total. The predicted octanol–water partition coefficient (Wildman–Crippen LogP) is 2.71. The summed E-state index contributed by atoms with van der Waals surface area (Å²) in [4.78, 5) is 0. The van der Waals surface area contributed by atoms with Gasteiger partial charge in [0.15, 0.2) is 0 Å². The highest BCUT2D eigenvalue weighted by Crippen LogP contribution is 2.32. The van der Waals surface area contributed by atoms with Crippen molar-refractivity contribution < 1.29 is 0 Å². The molecule has 0 fully saturated rings. The Morgan fingerprint density at radius 1 is 1.37 bits per heavy atom. The average molecular weight is 255 g/mol. The van der Waals surface area contributed by atoms with Gasteiger partial charge in [0, 0.05) is 24.3 Å². The molecule has 1 aromatic carbocycles. The van der Waals surface area contributed by atoms with E-state index in [1.54, 1.807) is 0 Å². The molecule has 0 saturated carbocycles. The second-order valence-electron chi connectivity index (χ2n) is 5.43. The van der Waals surface area contributed by atoms with Crippen LogP contribution in [0.3, 0.4) is 0 Å². The van der Waals surface area contributed by atoms with Crippen molar-refractivity contribution >= 4 is 0 Å². The molecule has 3 rings (SSSR count). The number of aryl methyl sites for hydroxylation is 2. The fourth-order valence-electron chi connectivity index (χ4n) is 3.03. The molecule has 19 heavy (non-hydrogen) atoms. The van der Waals surface area contributed by atoms with Crippen LogP contribution < -0.4 is 5.73 Å². The molecule has 2 atom stereocenters. The van der Waals surface area contributed by atoms with Crippen molar-refractivity contribution in [3.05, 3.63) is 53.3 Å². The number of hydrogen-bond acceptors (Lipinski definition) is 2. The van der Waals surface area contributed by atoms with Gasteiger partial charge in [0.1, 0.15) is 0 Å². The van der Waals surface area contributed by atoms with Crippen LogP contribution in [-0.2, 0) is 19.4 Å². The van der Waals surface area contributed by atoms with Crippen LogP contribution in [0.5, 0.6) is 0 Å². The van der Waals surface area contributed by atoms with Crippen molar-refractivity contribution in [3.8, 4) is 0 Å². The molecule has 1 aromatic heterocycles. The molecule has 0 saturated heterocycles. The van der Waals surface area contributed by atoms with Gasteiger partial charge in [-0.15, -0.1) is 0 Å². The third kappa shape index (κ3) is 2.43. The minimum atomic E-state index is 0.105. The van der Waals surface area contributed by atoms with Gasteiger partial charge in [-0.1, -0.05) is 24.3 Å². The topological polar surface area (TPSA) is 43.8 Å². The molecule has 1 aliphatic carbocycles. The lowest BCUT2D eigenvalue weighted by atomic mass is 9.79. The fraction of sp³-hybridized carbons (Fsp3) is 0.438. The maximum atomic E-state index is 6.44. The quantitative estimate of drug-likeness (QED) is 0.916. The van der Waals surface area contributed by atoms with Crippen LogP contribution >= 0.6 is 0 Å². The van der Waals surface area contributed by atoms with Gasteiger partial charge < -0.3 is 5.73 Å². The molecule has 2 unspecified atom stereocenters. The highest BCUT2D eigenvalue weighted by molar-refractivity contribution is 5.30. The van der Waals surface area contributed by atoms with Crippen LogP contribution in [0, 0.1) is 5.92 Å². The van der Waals surface area contributed by atoms with Crippen LogP contribution in [0.15, 0.2) is 36.7 Å². The maximum absolute atomic E-state index is 6.44. The van der Waals surface area contributed by atoms with Gasteiger partial charge in [0.25, 0.3) is 0 Å². The summed E-state index contributed by atoms with van der Waals surface area (Å²) < 4.78 is 1.95. The lowest BCUT2D eigenvalue weighted by molar-refractivity contribution is 0.382. The lowest BCUT2D eigenvalue weighted by Gasteiger charge is -2.28. The minimum Gasteiger partial charge on any atom is -0.324 e. The molecule has 0 bridgehead atoms. The Bertz CT molecular complexity index is 559. The highest BCUT2D eigenvalue weighted by atomic mass is 15.3. The van der Waals surface area contributed by atoms with Gasteiger partial charge in [-0.25, -0.2) is 0 Å². The number of fused-ring (bicyclic) bond motifs is 1. The van der Waals surface area contributed by atoms with Crippen LogP contribution in [0.1, 0.15) is 36.1 Å². The van der Waals surface area contributed by atoms with E-state index in [0.29, 0.717) is 5.92 Å². The van der Waals surface area contributed by atoms with Crippen molar-refractivity contribution in [2.45, 2.75) is 38.8 Å². The Balaban J connectivity index is 1.77. The first-order valence-electron chi connectivity index (χ1n) is 7.12. The van der Waals surface area contributed by atoms with E-state index in [9.17, 15) is 0 Å². The maximum Gasteiger partial charge on any atom is 0.0537 e. The Hall–Kier alpha value is -1.61. The standard InChI is InChI=1S/C16H21N3/c1-2-19-11-15(10-18-19)16(17)14-8-7-12-5-3-4-6-13(12)9-14/h3-6,10-11,14,16H,2,7-9,17H2,1H3. The van der Waals surface area contributed by atoms with E-state index in [-0.39, 0.29) is 6.04 Å². The normalized spacial score (nSPS) is 20.0. The number of nitrogens with zero attached hydrogens (tertiary/aromatic N) is 2. The number of nitrogens with two attached hydrogens (primary N) is 1. The minimum absolute atomic E-state index is 0.105. The first-order valence-corrected chi connectivity index (χ1v) is 7.12. The predicted molar refractivity (Wildman–Crippen MR) is 76.8 cm³/mol. The van der Waals surface area contributed by atoms with Crippen molar-refractivity contribution in [1.29, 1.82) is 0 Å². The summed E-state index contributed by atoms with van der Waals surface area (Å²) >= 11 is 0. The number of benzene rings is 1. The molecule has 0 amide bonds. The van der Waals surface area contributed by atoms with E-state index in [1.807, 2.05) is 10.9 Å². The Kier molecular flexibility index (Phi) is 3.38. The van der Waals surface area contributed by atoms with Crippen LogP contribution in [0.4, 0.5) is 0 Å². The summed E-state index contributed by atoms with van der Waals surface area (Å²) in [6, 6.07) is 8.84. The van der Waals surface area contributed by atoms with E-state index in [1.165, 1.54) is 23.1 Å². The summed E-state index contributed by atoms with van der Waals surface area (Å²) in [6.07, 6.45) is 7.43. The number of rotatable bonds is 3. The summed E-state index contributed by atoms with van der Waals surface area (Å²) in [5.41, 5.74) is 10.6. The third-order valence-electron chi connectivity index (χ3n) is 4.25. The smallest absolute Gasteiger partial charge is 0.0537 e. The molecule has 3 heteroatoms. The van der Waals surface area contributed by atoms with Crippen molar-refractivity contribution in [2.24, 2.45) is 11.7 Å². The average Bonchev–Trinajstić information content (AvgIpc) is 2.95. The van der Waals surface area contributed by atoms with Crippen LogP contribution in [0.25, 0.3) is 0 Å².